The highest BCUT2D eigenvalue weighted by Crippen LogP contribution is 2.26. The first-order chi connectivity index (χ1) is 9.70. The largest absolute Gasteiger partial charge is 0.508 e. The number of carbonyl (C=O) groups is 1. The van der Waals surface area contributed by atoms with Gasteiger partial charge >= 0.3 is 6.09 Å². The molecule has 0 aromatic heterocycles. The van der Waals surface area contributed by atoms with Crippen molar-refractivity contribution in [1.29, 1.82) is 0 Å². The zero-order valence-corrected chi connectivity index (χ0v) is 11.3. The quantitative estimate of drug-likeness (QED) is 0.823. The number of carbonyl (C=O) groups excluding carboxylic acids is 1. The zero-order chi connectivity index (χ0) is 14.4. The van der Waals surface area contributed by atoms with Crippen LogP contribution in [-0.2, 0) is 9.47 Å². The molecule has 2 aromatic carbocycles. The lowest BCUT2D eigenvalue weighted by Gasteiger charge is -2.09. The second-order valence-corrected chi connectivity index (χ2v) is 4.17. The first kappa shape index (κ1) is 14.1. The monoisotopic (exact) mass is 275 g/mol. The van der Waals surface area contributed by atoms with E-state index >= 15 is 0 Å². The molecule has 5 nitrogen and oxygen atoms in total. The van der Waals surface area contributed by atoms with Gasteiger partial charge in [0.2, 0.25) is 0 Å². The molecule has 0 radical (unpaired) electrons. The van der Waals surface area contributed by atoms with Crippen LogP contribution in [0.3, 0.4) is 0 Å². The lowest BCUT2D eigenvalue weighted by Crippen LogP contribution is -2.16. The normalized spacial score (nSPS) is 10.4. The molecule has 0 fully saturated rings. The van der Waals surface area contributed by atoms with Crippen molar-refractivity contribution in [1.82, 2.24) is 0 Å². The first-order valence-corrected chi connectivity index (χ1v) is 6.44. The lowest BCUT2D eigenvalue weighted by molar-refractivity contribution is 0.0850. The van der Waals surface area contributed by atoms with Crippen LogP contribution in [-0.4, -0.2) is 31.0 Å². The Balaban J connectivity index is 2.05. The highest BCUT2D eigenvalue weighted by molar-refractivity contribution is 6.00. The molecule has 20 heavy (non-hydrogen) atoms. The van der Waals surface area contributed by atoms with Gasteiger partial charge in [-0.15, -0.1) is 0 Å². The fraction of sp³-hybridized carbons (Fsp3) is 0.267. The molecule has 0 spiro atoms. The molecule has 0 aliphatic heterocycles. The Morgan fingerprint density at radius 2 is 2.10 bits per heavy atom. The smallest absolute Gasteiger partial charge is 0.411 e. The Morgan fingerprint density at radius 1 is 1.25 bits per heavy atom. The minimum atomic E-state index is -0.541. The number of hydrogen-bond acceptors (Lipinski definition) is 4. The van der Waals surface area contributed by atoms with E-state index in [9.17, 15) is 9.90 Å². The maximum absolute atomic E-state index is 11.7. The number of phenols is 1. The molecule has 0 atom stereocenters. The fourth-order valence-corrected chi connectivity index (χ4v) is 1.85. The number of rotatable bonds is 5. The van der Waals surface area contributed by atoms with E-state index in [0.717, 1.165) is 10.8 Å². The van der Waals surface area contributed by atoms with E-state index in [1.165, 1.54) is 0 Å². The van der Waals surface area contributed by atoms with Gasteiger partial charge in [0, 0.05) is 12.0 Å². The third kappa shape index (κ3) is 3.61. The van der Waals surface area contributed by atoms with Gasteiger partial charge in [0.1, 0.15) is 12.4 Å². The number of aromatic hydroxyl groups is 1. The third-order valence-electron chi connectivity index (χ3n) is 2.77. The summed E-state index contributed by atoms with van der Waals surface area (Å²) in [7, 11) is 0. The van der Waals surface area contributed by atoms with Crippen LogP contribution >= 0.6 is 0 Å². The number of hydrogen-bond donors (Lipinski definition) is 2. The number of fused-ring (bicyclic) bond motifs is 1. The van der Waals surface area contributed by atoms with Gasteiger partial charge in [-0.2, -0.15) is 0 Å². The standard InChI is InChI=1S/C15H17NO4/c1-2-19-8-9-20-15(18)16-14-5-3-4-11-6-7-12(17)10-13(11)14/h3-7,10,17H,2,8-9H2,1H3,(H,16,18). The summed E-state index contributed by atoms with van der Waals surface area (Å²) in [5.41, 5.74) is 0.597. The molecule has 1 amide bonds. The van der Waals surface area contributed by atoms with Crippen molar-refractivity contribution in [2.24, 2.45) is 0 Å². The molecule has 0 saturated heterocycles. The molecule has 106 valence electrons. The van der Waals surface area contributed by atoms with E-state index < -0.39 is 6.09 Å². The SMILES string of the molecule is CCOCCOC(=O)Nc1cccc2ccc(O)cc12. The van der Waals surface area contributed by atoms with E-state index in [2.05, 4.69) is 5.32 Å². The van der Waals surface area contributed by atoms with Crippen molar-refractivity contribution in [3.8, 4) is 5.75 Å². The van der Waals surface area contributed by atoms with Crippen molar-refractivity contribution in [3.63, 3.8) is 0 Å². The minimum absolute atomic E-state index is 0.150. The molecule has 0 bridgehead atoms. The predicted octanol–water partition coefficient (Wildman–Crippen LogP) is 3.13. The number of anilines is 1. The van der Waals surface area contributed by atoms with Crippen molar-refractivity contribution in [2.45, 2.75) is 6.92 Å². The summed E-state index contributed by atoms with van der Waals surface area (Å²) in [5.74, 6) is 0.150. The molecular formula is C15H17NO4. The molecular weight excluding hydrogens is 258 g/mol. The molecule has 0 saturated carbocycles. The maximum atomic E-state index is 11.7. The Hall–Kier alpha value is -2.27. The van der Waals surface area contributed by atoms with Gasteiger partial charge in [0.25, 0.3) is 0 Å². The summed E-state index contributed by atoms with van der Waals surface area (Å²) in [6.45, 7) is 3.05. The lowest BCUT2D eigenvalue weighted by atomic mass is 10.1. The fourth-order valence-electron chi connectivity index (χ4n) is 1.85. The summed E-state index contributed by atoms with van der Waals surface area (Å²) in [6, 6.07) is 10.5. The van der Waals surface area contributed by atoms with Crippen LogP contribution in [0, 0.1) is 0 Å². The van der Waals surface area contributed by atoms with Crippen molar-refractivity contribution >= 4 is 22.6 Å². The van der Waals surface area contributed by atoms with E-state index in [4.69, 9.17) is 9.47 Å². The van der Waals surface area contributed by atoms with Crippen LogP contribution in [0.5, 0.6) is 5.75 Å². The average molecular weight is 275 g/mol. The Kier molecular flexibility index (Phi) is 4.79. The van der Waals surface area contributed by atoms with Gasteiger partial charge in [-0.3, -0.25) is 5.32 Å². The third-order valence-corrected chi connectivity index (χ3v) is 2.77. The Bertz CT molecular complexity index is 597. The number of phenolic OH excluding ortho intramolecular Hbond substituents is 1. The van der Waals surface area contributed by atoms with Gasteiger partial charge in [0.15, 0.2) is 0 Å². The molecule has 2 rings (SSSR count). The van der Waals surface area contributed by atoms with Crippen molar-refractivity contribution < 1.29 is 19.4 Å². The molecule has 0 unspecified atom stereocenters. The van der Waals surface area contributed by atoms with Crippen LogP contribution in [0.15, 0.2) is 36.4 Å². The second kappa shape index (κ2) is 6.77. The average Bonchev–Trinajstić information content (AvgIpc) is 2.44. The Morgan fingerprint density at radius 3 is 2.90 bits per heavy atom. The van der Waals surface area contributed by atoms with Crippen LogP contribution < -0.4 is 5.32 Å². The van der Waals surface area contributed by atoms with Crippen LogP contribution in [0.4, 0.5) is 10.5 Å². The number of benzene rings is 2. The van der Waals surface area contributed by atoms with Gasteiger partial charge in [-0.25, -0.2) is 4.79 Å². The van der Waals surface area contributed by atoms with Crippen molar-refractivity contribution in [2.75, 3.05) is 25.1 Å². The van der Waals surface area contributed by atoms with Crippen LogP contribution in [0.1, 0.15) is 6.92 Å². The minimum Gasteiger partial charge on any atom is -0.508 e. The Labute approximate surface area is 117 Å². The number of nitrogens with one attached hydrogen (secondary N) is 1. The highest BCUT2D eigenvalue weighted by Gasteiger charge is 2.07. The van der Waals surface area contributed by atoms with Crippen LogP contribution in [0.25, 0.3) is 10.8 Å². The van der Waals surface area contributed by atoms with E-state index in [-0.39, 0.29) is 12.4 Å². The summed E-state index contributed by atoms with van der Waals surface area (Å²) in [5, 5.41) is 13.9. The summed E-state index contributed by atoms with van der Waals surface area (Å²) in [4.78, 5) is 11.7. The van der Waals surface area contributed by atoms with Gasteiger partial charge in [-0.1, -0.05) is 18.2 Å². The molecule has 0 aliphatic rings. The molecule has 2 N–H and O–H groups in total. The summed E-state index contributed by atoms with van der Waals surface area (Å²) < 4.78 is 10.1. The molecule has 0 heterocycles. The van der Waals surface area contributed by atoms with E-state index in [1.807, 2.05) is 19.1 Å². The first-order valence-electron chi connectivity index (χ1n) is 6.44. The summed E-state index contributed by atoms with van der Waals surface area (Å²) >= 11 is 0. The highest BCUT2D eigenvalue weighted by atomic mass is 16.6. The number of amides is 1. The molecule has 5 heteroatoms. The van der Waals surface area contributed by atoms with Gasteiger partial charge in [-0.05, 0) is 30.5 Å². The van der Waals surface area contributed by atoms with Gasteiger partial charge in [0.05, 0.1) is 12.3 Å². The second-order valence-electron chi connectivity index (χ2n) is 4.17. The predicted molar refractivity (Wildman–Crippen MR) is 77.1 cm³/mol. The topological polar surface area (TPSA) is 67.8 Å². The van der Waals surface area contributed by atoms with Crippen LogP contribution in [0.2, 0.25) is 0 Å². The summed E-state index contributed by atoms with van der Waals surface area (Å²) in [6.07, 6.45) is -0.541. The molecule has 0 aliphatic carbocycles. The zero-order valence-electron chi connectivity index (χ0n) is 11.3. The van der Waals surface area contributed by atoms with E-state index in [0.29, 0.717) is 18.9 Å². The maximum Gasteiger partial charge on any atom is 0.411 e. The molecule has 2 aromatic rings. The number of ether oxygens (including phenoxy) is 2. The van der Waals surface area contributed by atoms with Gasteiger partial charge < -0.3 is 14.6 Å². The van der Waals surface area contributed by atoms with Crippen molar-refractivity contribution in [3.05, 3.63) is 36.4 Å². The van der Waals surface area contributed by atoms with E-state index in [1.54, 1.807) is 24.3 Å².